The first-order valence-corrected chi connectivity index (χ1v) is 5.95. The van der Waals surface area contributed by atoms with Gasteiger partial charge in [0, 0.05) is 25.2 Å². The minimum absolute atomic E-state index is 0.00976. The highest BCUT2D eigenvalue weighted by Gasteiger charge is 2.21. The lowest BCUT2D eigenvalue weighted by Gasteiger charge is -2.30. The van der Waals surface area contributed by atoms with Crippen LogP contribution in [0.3, 0.4) is 0 Å². The molecule has 18 heavy (non-hydrogen) atoms. The number of nitrogens with one attached hydrogen (secondary N) is 1. The van der Waals surface area contributed by atoms with Crippen LogP contribution in [-0.4, -0.2) is 38.8 Å². The summed E-state index contributed by atoms with van der Waals surface area (Å²) in [5.41, 5.74) is 7.45. The fraction of sp³-hybridized carbons (Fsp3) is 0.417. The molecule has 0 spiro atoms. The minimum atomic E-state index is 0.00976. The van der Waals surface area contributed by atoms with Gasteiger partial charge in [-0.2, -0.15) is 0 Å². The molecular formula is C12H15N3O3. The van der Waals surface area contributed by atoms with Crippen LogP contribution in [0.25, 0.3) is 0 Å². The normalized spacial score (nSPS) is 18.4. The van der Waals surface area contributed by atoms with Crippen LogP contribution in [0.4, 0.5) is 11.4 Å². The van der Waals surface area contributed by atoms with Crippen molar-refractivity contribution >= 4 is 17.3 Å². The van der Waals surface area contributed by atoms with Crippen LogP contribution in [-0.2, 0) is 4.79 Å². The summed E-state index contributed by atoms with van der Waals surface area (Å²) in [6, 6.07) is 3.61. The van der Waals surface area contributed by atoms with Crippen molar-refractivity contribution in [2.24, 2.45) is 0 Å². The van der Waals surface area contributed by atoms with Crippen LogP contribution in [0.1, 0.15) is 0 Å². The number of nitrogen functional groups attached to an aromatic ring is 1. The number of fused-ring (bicyclic) bond motifs is 1. The van der Waals surface area contributed by atoms with E-state index in [0.717, 1.165) is 12.2 Å². The molecule has 0 atom stereocenters. The molecule has 1 aromatic rings. The van der Waals surface area contributed by atoms with Gasteiger partial charge in [-0.15, -0.1) is 0 Å². The number of nitrogens with two attached hydrogens (primary N) is 1. The predicted octanol–water partition coefficient (Wildman–Crippen LogP) is -0.0238. The van der Waals surface area contributed by atoms with Gasteiger partial charge in [0.2, 0.25) is 5.91 Å². The van der Waals surface area contributed by atoms with E-state index in [9.17, 15) is 4.79 Å². The Morgan fingerprint density at radius 1 is 1.22 bits per heavy atom. The van der Waals surface area contributed by atoms with E-state index in [4.69, 9.17) is 15.2 Å². The first-order chi connectivity index (χ1) is 8.74. The summed E-state index contributed by atoms with van der Waals surface area (Å²) in [6.07, 6.45) is 0. The largest absolute Gasteiger partial charge is 0.486 e. The molecule has 6 heteroatoms. The van der Waals surface area contributed by atoms with Crippen molar-refractivity contribution in [1.82, 2.24) is 5.32 Å². The van der Waals surface area contributed by atoms with E-state index < -0.39 is 0 Å². The van der Waals surface area contributed by atoms with E-state index in [1.165, 1.54) is 0 Å². The van der Waals surface area contributed by atoms with Crippen LogP contribution in [0.5, 0.6) is 11.5 Å². The molecule has 1 saturated heterocycles. The molecule has 2 heterocycles. The molecule has 3 rings (SSSR count). The Hall–Kier alpha value is -2.11. The molecule has 2 aliphatic rings. The zero-order valence-corrected chi connectivity index (χ0v) is 9.94. The zero-order valence-electron chi connectivity index (χ0n) is 9.94. The lowest BCUT2D eigenvalue weighted by atomic mass is 10.2. The standard InChI is InChI=1S/C12H15N3O3/c13-8-5-10-11(18-4-3-17-10)6-9(8)15-2-1-14-12(16)7-15/h5-6H,1-4,7,13H2,(H,14,16). The second-order valence-electron chi connectivity index (χ2n) is 4.33. The quantitative estimate of drug-likeness (QED) is 0.684. The first kappa shape index (κ1) is 11.0. The highest BCUT2D eigenvalue weighted by Crippen LogP contribution is 2.38. The lowest BCUT2D eigenvalue weighted by Crippen LogP contribution is -2.47. The summed E-state index contributed by atoms with van der Waals surface area (Å²) in [6.45, 7) is 2.78. The van der Waals surface area contributed by atoms with Gasteiger partial charge in [-0.3, -0.25) is 4.79 Å². The van der Waals surface area contributed by atoms with Crippen LogP contribution in [0.2, 0.25) is 0 Å². The number of hydrogen-bond acceptors (Lipinski definition) is 5. The lowest BCUT2D eigenvalue weighted by molar-refractivity contribution is -0.120. The van der Waals surface area contributed by atoms with Gasteiger partial charge in [0.15, 0.2) is 11.5 Å². The number of hydrogen-bond donors (Lipinski definition) is 2. The molecule has 1 fully saturated rings. The maximum absolute atomic E-state index is 11.4. The van der Waals surface area contributed by atoms with Crippen molar-refractivity contribution < 1.29 is 14.3 Å². The van der Waals surface area contributed by atoms with Crippen molar-refractivity contribution in [3.8, 4) is 11.5 Å². The number of carbonyl (C=O) groups is 1. The highest BCUT2D eigenvalue weighted by atomic mass is 16.6. The van der Waals surface area contributed by atoms with Crippen LogP contribution in [0, 0.1) is 0 Å². The smallest absolute Gasteiger partial charge is 0.239 e. The Kier molecular flexibility index (Phi) is 2.62. The molecule has 0 unspecified atom stereocenters. The van der Waals surface area contributed by atoms with Crippen molar-refractivity contribution in [3.05, 3.63) is 12.1 Å². The SMILES string of the molecule is Nc1cc2c(cc1N1CCNC(=O)C1)OCCO2. The van der Waals surface area contributed by atoms with Gasteiger partial charge < -0.3 is 25.4 Å². The molecule has 0 saturated carbocycles. The van der Waals surface area contributed by atoms with Gasteiger partial charge in [0.25, 0.3) is 0 Å². The van der Waals surface area contributed by atoms with Gasteiger partial charge in [-0.1, -0.05) is 0 Å². The van der Waals surface area contributed by atoms with Gasteiger partial charge in [-0.05, 0) is 0 Å². The molecule has 1 aromatic carbocycles. The third kappa shape index (κ3) is 1.90. The van der Waals surface area contributed by atoms with Gasteiger partial charge >= 0.3 is 0 Å². The van der Waals surface area contributed by atoms with E-state index >= 15 is 0 Å². The fourth-order valence-corrected chi connectivity index (χ4v) is 2.21. The average molecular weight is 249 g/mol. The molecular weight excluding hydrogens is 234 g/mol. The number of piperazine rings is 1. The van der Waals surface area contributed by atoms with Crippen LogP contribution in [0.15, 0.2) is 12.1 Å². The Labute approximate surface area is 105 Å². The zero-order chi connectivity index (χ0) is 12.5. The van der Waals surface area contributed by atoms with E-state index in [1.807, 2.05) is 11.0 Å². The number of anilines is 2. The molecule has 96 valence electrons. The van der Waals surface area contributed by atoms with E-state index in [1.54, 1.807) is 6.07 Å². The van der Waals surface area contributed by atoms with E-state index in [2.05, 4.69) is 5.32 Å². The molecule has 6 nitrogen and oxygen atoms in total. The van der Waals surface area contributed by atoms with Crippen LogP contribution >= 0.6 is 0 Å². The summed E-state index contributed by atoms with van der Waals surface area (Å²) in [5.74, 6) is 1.37. The van der Waals surface area contributed by atoms with Gasteiger partial charge in [0.1, 0.15) is 13.2 Å². The summed E-state index contributed by atoms with van der Waals surface area (Å²) < 4.78 is 11.0. The highest BCUT2D eigenvalue weighted by molar-refractivity contribution is 5.85. The molecule has 0 bridgehead atoms. The average Bonchev–Trinajstić information content (AvgIpc) is 2.38. The second kappa shape index (κ2) is 4.29. The number of nitrogens with zero attached hydrogens (tertiary/aromatic N) is 1. The van der Waals surface area contributed by atoms with Crippen molar-refractivity contribution in [3.63, 3.8) is 0 Å². The topological polar surface area (TPSA) is 76.8 Å². The summed E-state index contributed by atoms with van der Waals surface area (Å²) in [5, 5.41) is 2.79. The fourth-order valence-electron chi connectivity index (χ4n) is 2.21. The minimum Gasteiger partial charge on any atom is -0.486 e. The predicted molar refractivity (Wildman–Crippen MR) is 67.1 cm³/mol. The Bertz CT molecular complexity index is 490. The maximum atomic E-state index is 11.4. The van der Waals surface area contributed by atoms with Crippen molar-refractivity contribution in [2.45, 2.75) is 0 Å². The third-order valence-corrected chi connectivity index (χ3v) is 3.07. The number of ether oxygens (including phenoxy) is 2. The van der Waals surface area contributed by atoms with Gasteiger partial charge in [0.05, 0.1) is 17.9 Å². The molecule has 3 N–H and O–H groups in total. The number of amides is 1. The second-order valence-corrected chi connectivity index (χ2v) is 4.33. The number of benzene rings is 1. The van der Waals surface area contributed by atoms with E-state index in [0.29, 0.717) is 43.5 Å². The Morgan fingerprint density at radius 3 is 2.67 bits per heavy atom. The summed E-state index contributed by atoms with van der Waals surface area (Å²) in [7, 11) is 0. The molecule has 0 aliphatic carbocycles. The van der Waals surface area contributed by atoms with Gasteiger partial charge in [-0.25, -0.2) is 0 Å². The van der Waals surface area contributed by atoms with E-state index in [-0.39, 0.29) is 5.91 Å². The molecule has 1 amide bonds. The maximum Gasteiger partial charge on any atom is 0.239 e. The summed E-state index contributed by atoms with van der Waals surface area (Å²) >= 11 is 0. The summed E-state index contributed by atoms with van der Waals surface area (Å²) in [4.78, 5) is 13.3. The van der Waals surface area contributed by atoms with Crippen molar-refractivity contribution in [1.29, 1.82) is 0 Å². The monoisotopic (exact) mass is 249 g/mol. The molecule has 0 aromatic heterocycles. The molecule has 2 aliphatic heterocycles. The number of carbonyl (C=O) groups excluding carboxylic acids is 1. The Morgan fingerprint density at radius 2 is 1.94 bits per heavy atom. The van der Waals surface area contributed by atoms with Crippen molar-refractivity contribution in [2.75, 3.05) is 43.5 Å². The van der Waals surface area contributed by atoms with Crippen LogP contribution < -0.4 is 25.4 Å². The molecule has 0 radical (unpaired) electrons. The number of rotatable bonds is 1. The first-order valence-electron chi connectivity index (χ1n) is 5.95. The Balaban J connectivity index is 1.93. The third-order valence-electron chi connectivity index (χ3n) is 3.07.